The van der Waals surface area contributed by atoms with Crippen molar-refractivity contribution in [3.63, 3.8) is 0 Å². The summed E-state index contributed by atoms with van der Waals surface area (Å²) in [6.45, 7) is 4.13. The van der Waals surface area contributed by atoms with Crippen molar-refractivity contribution in [3.8, 4) is 0 Å². The van der Waals surface area contributed by atoms with Crippen LogP contribution in [0.15, 0.2) is 0 Å². The second-order valence-electron chi connectivity index (χ2n) is 5.07. The molecule has 2 heterocycles. The van der Waals surface area contributed by atoms with Gasteiger partial charge in [-0.15, -0.1) is 0 Å². The Morgan fingerprint density at radius 1 is 1.44 bits per heavy atom. The van der Waals surface area contributed by atoms with E-state index in [-0.39, 0.29) is 0 Å². The van der Waals surface area contributed by atoms with E-state index in [0.717, 1.165) is 25.5 Å². The molecule has 0 aromatic carbocycles. The molecule has 4 atom stereocenters. The maximum Gasteiger partial charge on any atom is 0.0623 e. The van der Waals surface area contributed by atoms with Crippen LogP contribution in [0.5, 0.6) is 0 Å². The van der Waals surface area contributed by atoms with Gasteiger partial charge < -0.3 is 14.8 Å². The summed E-state index contributed by atoms with van der Waals surface area (Å²) in [6.07, 6.45) is 7.32. The fourth-order valence-corrected chi connectivity index (χ4v) is 3.28. The van der Waals surface area contributed by atoms with Gasteiger partial charge >= 0.3 is 0 Å². The van der Waals surface area contributed by atoms with Crippen molar-refractivity contribution < 1.29 is 9.47 Å². The van der Waals surface area contributed by atoms with Crippen molar-refractivity contribution in [2.75, 3.05) is 20.3 Å². The Hall–Kier alpha value is -0.120. The molecule has 2 bridgehead atoms. The number of nitrogens with one attached hydrogen (secondary N) is 1. The normalized spacial score (nSPS) is 34.5. The first-order valence-electron chi connectivity index (χ1n) is 6.73. The average molecular weight is 227 g/mol. The predicted molar refractivity (Wildman–Crippen MR) is 64.6 cm³/mol. The van der Waals surface area contributed by atoms with Crippen molar-refractivity contribution >= 4 is 0 Å². The van der Waals surface area contributed by atoms with Crippen LogP contribution in [0, 0.1) is 5.92 Å². The minimum Gasteiger partial charge on any atom is -0.385 e. The Morgan fingerprint density at radius 3 is 2.88 bits per heavy atom. The maximum atomic E-state index is 5.95. The largest absolute Gasteiger partial charge is 0.385 e. The molecular formula is C13H25NO2. The molecule has 0 spiro atoms. The third-order valence-corrected chi connectivity index (χ3v) is 4.00. The standard InChI is InChI=1S/C13H25NO2/c1-3-14-12(5-4-8-15-2)11-9-10-6-7-13(11)16-10/h10-14H,3-9H2,1-2H3. The molecule has 4 unspecified atom stereocenters. The van der Waals surface area contributed by atoms with Gasteiger partial charge in [0.15, 0.2) is 0 Å². The second kappa shape index (κ2) is 5.99. The first-order valence-corrected chi connectivity index (χ1v) is 6.73. The fraction of sp³-hybridized carbons (Fsp3) is 1.00. The Balaban J connectivity index is 1.81. The van der Waals surface area contributed by atoms with E-state index in [1.54, 1.807) is 7.11 Å². The number of rotatable bonds is 7. The van der Waals surface area contributed by atoms with Gasteiger partial charge in [0.1, 0.15) is 0 Å². The maximum absolute atomic E-state index is 5.95. The zero-order valence-corrected chi connectivity index (χ0v) is 10.6. The molecule has 2 fully saturated rings. The zero-order chi connectivity index (χ0) is 11.4. The third-order valence-electron chi connectivity index (χ3n) is 4.00. The summed E-state index contributed by atoms with van der Waals surface area (Å²) in [5.41, 5.74) is 0. The highest BCUT2D eigenvalue weighted by Crippen LogP contribution is 2.41. The highest BCUT2D eigenvalue weighted by Gasteiger charge is 2.43. The first-order chi connectivity index (χ1) is 7.85. The molecule has 2 aliphatic rings. The quantitative estimate of drug-likeness (QED) is 0.674. The molecule has 16 heavy (non-hydrogen) atoms. The summed E-state index contributed by atoms with van der Waals surface area (Å²) >= 11 is 0. The minimum atomic E-state index is 0.539. The summed E-state index contributed by atoms with van der Waals surface area (Å²) in [5, 5.41) is 3.63. The van der Waals surface area contributed by atoms with Gasteiger partial charge in [0, 0.05) is 25.7 Å². The van der Waals surface area contributed by atoms with Gasteiger partial charge in [-0.25, -0.2) is 0 Å². The molecule has 0 aliphatic carbocycles. The van der Waals surface area contributed by atoms with Crippen LogP contribution in [-0.2, 0) is 9.47 Å². The van der Waals surface area contributed by atoms with Crippen LogP contribution in [0.2, 0.25) is 0 Å². The van der Waals surface area contributed by atoms with Gasteiger partial charge in [0.25, 0.3) is 0 Å². The number of methoxy groups -OCH3 is 1. The van der Waals surface area contributed by atoms with Crippen LogP contribution in [0.3, 0.4) is 0 Å². The first kappa shape index (κ1) is 12.3. The van der Waals surface area contributed by atoms with Crippen molar-refractivity contribution in [2.45, 2.75) is 57.3 Å². The molecule has 0 aromatic rings. The van der Waals surface area contributed by atoms with E-state index in [9.17, 15) is 0 Å². The lowest BCUT2D eigenvalue weighted by Gasteiger charge is -2.29. The number of hydrogen-bond acceptors (Lipinski definition) is 3. The lowest BCUT2D eigenvalue weighted by Crippen LogP contribution is -2.40. The van der Waals surface area contributed by atoms with Gasteiger partial charge in [-0.1, -0.05) is 6.92 Å². The highest BCUT2D eigenvalue weighted by atomic mass is 16.5. The van der Waals surface area contributed by atoms with Gasteiger partial charge in [0.2, 0.25) is 0 Å². The SMILES string of the molecule is CCNC(CCCOC)C1CC2CCC1O2. The molecule has 94 valence electrons. The minimum absolute atomic E-state index is 0.539. The van der Waals surface area contributed by atoms with Crippen molar-refractivity contribution in [1.82, 2.24) is 5.32 Å². The highest BCUT2D eigenvalue weighted by molar-refractivity contribution is 4.95. The van der Waals surface area contributed by atoms with E-state index in [4.69, 9.17) is 9.47 Å². The number of ether oxygens (including phenoxy) is 2. The molecule has 2 aliphatic heterocycles. The molecule has 2 rings (SSSR count). The van der Waals surface area contributed by atoms with Crippen LogP contribution in [-0.4, -0.2) is 38.5 Å². The molecule has 2 saturated heterocycles. The zero-order valence-electron chi connectivity index (χ0n) is 10.6. The number of hydrogen-bond donors (Lipinski definition) is 1. The smallest absolute Gasteiger partial charge is 0.0623 e. The van der Waals surface area contributed by atoms with Gasteiger partial charge in [-0.3, -0.25) is 0 Å². The van der Waals surface area contributed by atoms with Crippen LogP contribution in [0.1, 0.15) is 39.0 Å². The van der Waals surface area contributed by atoms with Gasteiger partial charge in [0.05, 0.1) is 12.2 Å². The van der Waals surface area contributed by atoms with Gasteiger partial charge in [-0.05, 0) is 38.6 Å². The fourth-order valence-electron chi connectivity index (χ4n) is 3.28. The molecule has 0 radical (unpaired) electrons. The molecule has 0 aromatic heterocycles. The molecule has 0 amide bonds. The Bertz CT molecular complexity index is 210. The molecular weight excluding hydrogens is 202 g/mol. The second-order valence-corrected chi connectivity index (χ2v) is 5.07. The van der Waals surface area contributed by atoms with E-state index in [0.29, 0.717) is 18.2 Å². The van der Waals surface area contributed by atoms with Crippen LogP contribution < -0.4 is 5.32 Å². The van der Waals surface area contributed by atoms with Crippen LogP contribution in [0.25, 0.3) is 0 Å². The Morgan fingerprint density at radius 2 is 2.31 bits per heavy atom. The van der Waals surface area contributed by atoms with Crippen molar-refractivity contribution in [2.24, 2.45) is 5.92 Å². The molecule has 3 nitrogen and oxygen atoms in total. The Labute approximate surface area is 98.9 Å². The van der Waals surface area contributed by atoms with Crippen LogP contribution in [0.4, 0.5) is 0 Å². The topological polar surface area (TPSA) is 30.5 Å². The summed E-state index contributed by atoms with van der Waals surface area (Å²) in [6, 6.07) is 0.635. The lowest BCUT2D eigenvalue weighted by atomic mass is 9.82. The predicted octanol–water partition coefficient (Wildman–Crippen LogP) is 1.96. The number of fused-ring (bicyclic) bond motifs is 2. The molecule has 0 saturated carbocycles. The van der Waals surface area contributed by atoms with Gasteiger partial charge in [-0.2, -0.15) is 0 Å². The van der Waals surface area contributed by atoms with Crippen molar-refractivity contribution in [3.05, 3.63) is 0 Å². The lowest BCUT2D eigenvalue weighted by molar-refractivity contribution is 0.0838. The van der Waals surface area contributed by atoms with E-state index >= 15 is 0 Å². The summed E-state index contributed by atoms with van der Waals surface area (Å²) < 4.78 is 11.1. The van der Waals surface area contributed by atoms with E-state index < -0.39 is 0 Å². The van der Waals surface area contributed by atoms with Crippen molar-refractivity contribution in [1.29, 1.82) is 0 Å². The molecule has 1 N–H and O–H groups in total. The summed E-state index contributed by atoms with van der Waals surface area (Å²) in [4.78, 5) is 0. The van der Waals surface area contributed by atoms with Crippen LogP contribution >= 0.6 is 0 Å². The Kier molecular flexibility index (Phi) is 4.62. The summed E-state index contributed by atoms with van der Waals surface area (Å²) in [5.74, 6) is 0.746. The monoisotopic (exact) mass is 227 g/mol. The van der Waals surface area contributed by atoms with E-state index in [2.05, 4.69) is 12.2 Å². The third kappa shape index (κ3) is 2.76. The summed E-state index contributed by atoms with van der Waals surface area (Å²) in [7, 11) is 1.78. The molecule has 3 heteroatoms. The van der Waals surface area contributed by atoms with E-state index in [1.165, 1.54) is 25.7 Å². The van der Waals surface area contributed by atoms with E-state index in [1.807, 2.05) is 0 Å². The average Bonchev–Trinajstić information content (AvgIpc) is 2.90.